The van der Waals surface area contributed by atoms with E-state index in [2.05, 4.69) is 182 Å². The summed E-state index contributed by atoms with van der Waals surface area (Å²) in [6, 6.07) is 74.2. The maximum absolute atomic E-state index is 5.00. The Hall–Kier alpha value is -8.73. The fourth-order valence-electron chi connectivity index (χ4n) is 11.0. The lowest BCUT2D eigenvalue weighted by Gasteiger charge is -2.31. The Kier molecular flexibility index (Phi) is 8.77. The summed E-state index contributed by atoms with van der Waals surface area (Å²) >= 11 is 0. The zero-order valence-electron chi connectivity index (χ0n) is 36.9. The molecule has 0 bridgehead atoms. The smallest absolute Gasteiger partial charge is 0.164 e. The molecule has 11 aromatic rings. The molecule has 0 amide bonds. The quantitative estimate of drug-likeness (QED) is 0.160. The Morgan fingerprint density at radius 2 is 0.985 bits per heavy atom. The van der Waals surface area contributed by atoms with E-state index in [4.69, 9.17) is 15.0 Å². The van der Waals surface area contributed by atoms with Crippen LogP contribution in [0.25, 0.3) is 100 Å². The van der Waals surface area contributed by atoms with Gasteiger partial charge in [-0.15, -0.1) is 0 Å². The summed E-state index contributed by atoms with van der Waals surface area (Å²) in [7, 11) is 0. The number of rotatable bonds is 7. The SMILES string of the molecule is C=CC1=C(/C=C\C)c2ccccc2C12c1ccccc1-c1cc3c(cc12)c1ccc(-c2ccc(-c4nc(-c5ccccc5)nc(-c5ccccc5)n4)cc2)cc1n3-c1ccc2ccccc2c1. The molecule has 2 aliphatic carbocycles. The van der Waals surface area contributed by atoms with E-state index in [1.165, 1.54) is 71.6 Å². The zero-order chi connectivity index (χ0) is 44.6. The molecule has 67 heavy (non-hydrogen) atoms. The minimum absolute atomic E-state index is 0.505. The second kappa shape index (κ2) is 15.2. The van der Waals surface area contributed by atoms with Crippen molar-refractivity contribution in [3.63, 3.8) is 0 Å². The van der Waals surface area contributed by atoms with Crippen LogP contribution in [0, 0.1) is 0 Å². The van der Waals surface area contributed by atoms with Crippen molar-refractivity contribution in [3.8, 4) is 62.1 Å². The van der Waals surface area contributed by atoms with Gasteiger partial charge in [0.2, 0.25) is 0 Å². The summed E-state index contributed by atoms with van der Waals surface area (Å²) in [5.41, 5.74) is 18.1. The van der Waals surface area contributed by atoms with Gasteiger partial charge in [-0.2, -0.15) is 0 Å². The van der Waals surface area contributed by atoms with Crippen LogP contribution in [-0.4, -0.2) is 19.5 Å². The topological polar surface area (TPSA) is 43.6 Å². The van der Waals surface area contributed by atoms with E-state index in [1.807, 2.05) is 60.7 Å². The fourth-order valence-corrected chi connectivity index (χ4v) is 11.0. The number of allylic oxidation sites excluding steroid dienone is 5. The number of nitrogens with zero attached hydrogens (tertiary/aromatic N) is 4. The molecule has 1 unspecified atom stereocenters. The highest BCUT2D eigenvalue weighted by molar-refractivity contribution is 6.13. The van der Waals surface area contributed by atoms with Gasteiger partial charge in [0.1, 0.15) is 0 Å². The van der Waals surface area contributed by atoms with E-state index in [9.17, 15) is 0 Å². The van der Waals surface area contributed by atoms with Crippen LogP contribution in [0.3, 0.4) is 0 Å². The summed E-state index contributed by atoms with van der Waals surface area (Å²) in [5.74, 6) is 1.93. The third kappa shape index (κ3) is 5.83. The second-order valence-electron chi connectivity index (χ2n) is 17.5. The molecule has 0 saturated heterocycles. The highest BCUT2D eigenvalue weighted by Crippen LogP contribution is 2.63. The lowest BCUT2D eigenvalue weighted by atomic mass is 9.69. The highest BCUT2D eigenvalue weighted by atomic mass is 15.0. The molecule has 4 heteroatoms. The van der Waals surface area contributed by atoms with Crippen molar-refractivity contribution < 1.29 is 0 Å². The Morgan fingerprint density at radius 3 is 1.66 bits per heavy atom. The van der Waals surface area contributed by atoms with Crippen LogP contribution in [-0.2, 0) is 5.41 Å². The standard InChI is InChI=1S/C63H42N4/c1-3-17-48-49-24-13-15-26-55(49)63(54(48)4-2)56-27-16-14-25-50(56)52-39-59-53(38-57(52)63)51-35-33-46(37-58(51)67(59)47-34-32-40-18-11-12-23-45(40)36-47)41-28-30-44(31-29-41)62-65-60(42-19-7-5-8-20-42)64-61(66-62)43-21-9-6-10-22-43/h3-39H,2H2,1H3/b17-3-. The van der Waals surface area contributed by atoms with E-state index < -0.39 is 5.41 Å². The first-order valence-electron chi connectivity index (χ1n) is 22.9. The molecule has 0 saturated carbocycles. The van der Waals surface area contributed by atoms with Gasteiger partial charge in [-0.1, -0.05) is 201 Å². The molecular formula is C63H42N4. The largest absolute Gasteiger partial charge is 0.309 e. The lowest BCUT2D eigenvalue weighted by Crippen LogP contribution is -2.26. The molecular weight excluding hydrogens is 813 g/mol. The van der Waals surface area contributed by atoms with Crippen LogP contribution >= 0.6 is 0 Å². The first-order valence-corrected chi connectivity index (χ1v) is 22.9. The Labute approximate surface area is 389 Å². The molecule has 0 N–H and O–H groups in total. The number of hydrogen-bond acceptors (Lipinski definition) is 3. The summed E-state index contributed by atoms with van der Waals surface area (Å²) in [4.78, 5) is 14.9. The predicted molar refractivity (Wildman–Crippen MR) is 277 cm³/mol. The van der Waals surface area contributed by atoms with E-state index in [0.29, 0.717) is 17.5 Å². The molecule has 2 aliphatic rings. The van der Waals surface area contributed by atoms with Gasteiger partial charge in [0, 0.05) is 33.2 Å². The van der Waals surface area contributed by atoms with Gasteiger partial charge >= 0.3 is 0 Å². The van der Waals surface area contributed by atoms with Crippen molar-refractivity contribution >= 4 is 38.2 Å². The molecule has 0 fully saturated rings. The lowest BCUT2D eigenvalue weighted by molar-refractivity contribution is 0.788. The molecule has 9 aromatic carbocycles. The van der Waals surface area contributed by atoms with Crippen molar-refractivity contribution in [1.29, 1.82) is 0 Å². The van der Waals surface area contributed by atoms with Crippen molar-refractivity contribution in [1.82, 2.24) is 19.5 Å². The average Bonchev–Trinajstić information content (AvgIpc) is 3.98. The van der Waals surface area contributed by atoms with Gasteiger partial charge in [0.25, 0.3) is 0 Å². The van der Waals surface area contributed by atoms with Crippen molar-refractivity contribution in [3.05, 3.63) is 259 Å². The van der Waals surface area contributed by atoms with Crippen molar-refractivity contribution in [2.24, 2.45) is 0 Å². The minimum atomic E-state index is -0.505. The molecule has 2 heterocycles. The second-order valence-corrected chi connectivity index (χ2v) is 17.5. The molecule has 0 aliphatic heterocycles. The Balaban J connectivity index is 1.01. The molecule has 1 spiro atoms. The Bertz CT molecular complexity index is 3820. The van der Waals surface area contributed by atoms with Crippen LogP contribution in [0.4, 0.5) is 0 Å². The van der Waals surface area contributed by atoms with Crippen LogP contribution < -0.4 is 0 Å². The van der Waals surface area contributed by atoms with Crippen LogP contribution in [0.1, 0.15) is 29.2 Å². The minimum Gasteiger partial charge on any atom is -0.309 e. The number of hydrogen-bond donors (Lipinski definition) is 0. The number of fused-ring (bicyclic) bond motifs is 11. The molecule has 13 rings (SSSR count). The van der Waals surface area contributed by atoms with Crippen LogP contribution in [0.15, 0.2) is 237 Å². The normalized spacial score (nSPS) is 14.9. The van der Waals surface area contributed by atoms with Crippen LogP contribution in [0.5, 0.6) is 0 Å². The number of benzene rings is 9. The van der Waals surface area contributed by atoms with Gasteiger partial charge < -0.3 is 4.57 Å². The Morgan fingerprint density at radius 1 is 0.433 bits per heavy atom. The van der Waals surface area contributed by atoms with Gasteiger partial charge in [-0.3, -0.25) is 0 Å². The monoisotopic (exact) mass is 854 g/mol. The van der Waals surface area contributed by atoms with Crippen molar-refractivity contribution in [2.75, 3.05) is 0 Å². The number of aromatic nitrogens is 4. The average molecular weight is 855 g/mol. The zero-order valence-corrected chi connectivity index (χ0v) is 36.9. The van der Waals surface area contributed by atoms with E-state index in [-0.39, 0.29) is 0 Å². The molecule has 314 valence electrons. The molecule has 1 atom stereocenters. The van der Waals surface area contributed by atoms with Crippen LogP contribution in [0.2, 0.25) is 0 Å². The maximum Gasteiger partial charge on any atom is 0.164 e. The summed E-state index contributed by atoms with van der Waals surface area (Å²) in [6.07, 6.45) is 6.52. The van der Waals surface area contributed by atoms with Gasteiger partial charge in [-0.25, -0.2) is 15.0 Å². The third-order valence-corrected chi connectivity index (χ3v) is 14.0. The fraction of sp³-hybridized carbons (Fsp3) is 0.0317. The molecule has 2 aromatic heterocycles. The first-order chi connectivity index (χ1) is 33.1. The van der Waals surface area contributed by atoms with Gasteiger partial charge in [0.05, 0.1) is 16.4 Å². The van der Waals surface area contributed by atoms with Crippen molar-refractivity contribution in [2.45, 2.75) is 12.3 Å². The first kappa shape index (κ1) is 38.7. The van der Waals surface area contributed by atoms with E-state index in [1.54, 1.807) is 0 Å². The summed E-state index contributed by atoms with van der Waals surface area (Å²) in [6.45, 7) is 6.59. The van der Waals surface area contributed by atoms with E-state index >= 15 is 0 Å². The van der Waals surface area contributed by atoms with E-state index in [0.717, 1.165) is 39.0 Å². The predicted octanol–water partition coefficient (Wildman–Crippen LogP) is 15.6. The summed E-state index contributed by atoms with van der Waals surface area (Å²) < 4.78 is 2.47. The summed E-state index contributed by atoms with van der Waals surface area (Å²) in [5, 5.41) is 4.84. The highest BCUT2D eigenvalue weighted by Gasteiger charge is 2.52. The molecule has 0 radical (unpaired) electrons. The van der Waals surface area contributed by atoms with Gasteiger partial charge in [-0.05, 0) is 104 Å². The maximum atomic E-state index is 5.00. The van der Waals surface area contributed by atoms with Gasteiger partial charge in [0.15, 0.2) is 17.5 Å². The molecule has 4 nitrogen and oxygen atoms in total. The third-order valence-electron chi connectivity index (χ3n) is 14.0.